The average molecular weight is 206 g/mol. The zero-order valence-electron chi connectivity index (χ0n) is 8.45. The van der Waals surface area contributed by atoms with Gasteiger partial charge in [0.1, 0.15) is 6.33 Å². The van der Waals surface area contributed by atoms with Crippen LogP contribution < -0.4 is 0 Å². The molecule has 0 aliphatic carbocycles. The molecule has 0 unspecified atom stereocenters. The maximum Gasteiger partial charge on any atom is 0.179 e. The van der Waals surface area contributed by atoms with Crippen LogP contribution in [0, 0.1) is 6.92 Å². The van der Waals surface area contributed by atoms with Crippen molar-refractivity contribution in [2.45, 2.75) is 13.5 Å². The molecule has 78 valence electrons. The van der Waals surface area contributed by atoms with E-state index < -0.39 is 0 Å². The first kappa shape index (κ1) is 9.66. The van der Waals surface area contributed by atoms with Crippen LogP contribution in [-0.4, -0.2) is 37.5 Å². The van der Waals surface area contributed by atoms with E-state index in [0.29, 0.717) is 12.4 Å². The summed E-state index contributed by atoms with van der Waals surface area (Å²) in [6.45, 7) is 2.39. The molecule has 2 rings (SSSR count). The van der Waals surface area contributed by atoms with Gasteiger partial charge in [0.2, 0.25) is 0 Å². The number of methoxy groups -OCH3 is 1. The Hall–Kier alpha value is -1.89. The van der Waals surface area contributed by atoms with E-state index in [4.69, 9.17) is 4.74 Å². The highest BCUT2D eigenvalue weighted by molar-refractivity contribution is 5.26. The topological polar surface area (TPSA) is 78.6 Å². The largest absolute Gasteiger partial charge is 0.378 e. The number of hydrogen-bond acceptors (Lipinski definition) is 6. The van der Waals surface area contributed by atoms with Gasteiger partial charge in [-0.1, -0.05) is 0 Å². The Morgan fingerprint density at radius 2 is 2.27 bits per heavy atom. The van der Waals surface area contributed by atoms with Crippen molar-refractivity contribution >= 4 is 0 Å². The first-order chi connectivity index (χ1) is 7.31. The normalized spacial score (nSPS) is 10.5. The van der Waals surface area contributed by atoms with Gasteiger partial charge in [-0.2, -0.15) is 9.78 Å². The molecule has 0 bridgehead atoms. The van der Waals surface area contributed by atoms with Gasteiger partial charge in [0.05, 0.1) is 12.3 Å². The number of hydrogen-bond donors (Lipinski definition) is 0. The molecule has 0 saturated carbocycles. The monoisotopic (exact) mass is 206 g/mol. The minimum atomic E-state index is 0.453. The third kappa shape index (κ3) is 1.96. The van der Waals surface area contributed by atoms with Crippen LogP contribution >= 0.6 is 0 Å². The Kier molecular flexibility index (Phi) is 2.64. The van der Waals surface area contributed by atoms with Crippen LogP contribution in [-0.2, 0) is 11.3 Å². The standard InChI is InChI=1S/C8H10N6O/c1-6-3-8(14-5-9-12-13-14)11-10-7(6)4-15-2/h3,5H,4H2,1-2H3. The lowest BCUT2D eigenvalue weighted by atomic mass is 10.2. The van der Waals surface area contributed by atoms with Gasteiger partial charge in [-0.25, -0.2) is 0 Å². The quantitative estimate of drug-likeness (QED) is 0.698. The molecule has 0 amide bonds. The molecule has 0 aliphatic rings. The van der Waals surface area contributed by atoms with E-state index in [1.807, 2.05) is 13.0 Å². The molecular formula is C8H10N6O. The van der Waals surface area contributed by atoms with E-state index in [0.717, 1.165) is 11.3 Å². The molecule has 2 aromatic rings. The van der Waals surface area contributed by atoms with Crippen LogP contribution in [0.2, 0.25) is 0 Å². The van der Waals surface area contributed by atoms with Crippen molar-refractivity contribution in [1.29, 1.82) is 0 Å². The van der Waals surface area contributed by atoms with Crippen LogP contribution in [0.5, 0.6) is 0 Å². The Balaban J connectivity index is 2.33. The zero-order chi connectivity index (χ0) is 10.7. The Labute approximate surface area is 86.1 Å². The second-order valence-corrected chi connectivity index (χ2v) is 3.02. The number of rotatable bonds is 3. The first-order valence-electron chi connectivity index (χ1n) is 4.37. The van der Waals surface area contributed by atoms with E-state index in [-0.39, 0.29) is 0 Å². The van der Waals surface area contributed by atoms with E-state index in [1.54, 1.807) is 7.11 Å². The van der Waals surface area contributed by atoms with Crippen LogP contribution in [0.4, 0.5) is 0 Å². The summed E-state index contributed by atoms with van der Waals surface area (Å²) in [6.07, 6.45) is 1.47. The molecule has 7 nitrogen and oxygen atoms in total. The van der Waals surface area contributed by atoms with Gasteiger partial charge < -0.3 is 4.74 Å². The van der Waals surface area contributed by atoms with Gasteiger partial charge in [0.25, 0.3) is 0 Å². The second kappa shape index (κ2) is 4.09. The number of nitrogens with zero attached hydrogens (tertiary/aromatic N) is 6. The van der Waals surface area contributed by atoms with Gasteiger partial charge >= 0.3 is 0 Å². The van der Waals surface area contributed by atoms with E-state index in [9.17, 15) is 0 Å². The van der Waals surface area contributed by atoms with Gasteiger partial charge in [-0.3, -0.25) is 0 Å². The summed E-state index contributed by atoms with van der Waals surface area (Å²) >= 11 is 0. The molecule has 15 heavy (non-hydrogen) atoms. The van der Waals surface area contributed by atoms with Crippen molar-refractivity contribution in [1.82, 2.24) is 30.4 Å². The number of aryl methyl sites for hydroxylation is 1. The Morgan fingerprint density at radius 1 is 1.40 bits per heavy atom. The molecule has 0 spiro atoms. The van der Waals surface area contributed by atoms with Crippen molar-refractivity contribution < 1.29 is 4.74 Å². The lowest BCUT2D eigenvalue weighted by molar-refractivity contribution is 0.180. The molecule has 0 fully saturated rings. The molecule has 0 aliphatic heterocycles. The summed E-state index contributed by atoms with van der Waals surface area (Å²) in [7, 11) is 1.62. The molecule has 0 N–H and O–H groups in total. The van der Waals surface area contributed by atoms with E-state index >= 15 is 0 Å². The molecule has 0 saturated heterocycles. The van der Waals surface area contributed by atoms with Crippen molar-refractivity contribution in [3.05, 3.63) is 23.7 Å². The fraction of sp³-hybridized carbons (Fsp3) is 0.375. The predicted octanol–water partition coefficient (Wildman–Crippen LogP) is -0.0929. The van der Waals surface area contributed by atoms with Crippen LogP contribution in [0.25, 0.3) is 5.82 Å². The third-order valence-corrected chi connectivity index (χ3v) is 1.94. The summed E-state index contributed by atoms with van der Waals surface area (Å²) in [5.41, 5.74) is 1.81. The molecule has 7 heteroatoms. The fourth-order valence-electron chi connectivity index (χ4n) is 1.15. The average Bonchev–Trinajstić information content (AvgIpc) is 2.74. The van der Waals surface area contributed by atoms with Crippen LogP contribution in [0.15, 0.2) is 12.4 Å². The Bertz CT molecular complexity index is 440. The molecule has 0 atom stereocenters. The molecular weight excluding hydrogens is 196 g/mol. The number of tetrazole rings is 1. The summed E-state index contributed by atoms with van der Waals surface area (Å²) in [5, 5.41) is 18.8. The maximum absolute atomic E-state index is 4.99. The lowest BCUT2D eigenvalue weighted by Gasteiger charge is -2.04. The summed E-state index contributed by atoms with van der Waals surface area (Å²) in [6, 6.07) is 1.86. The molecule has 2 aromatic heterocycles. The van der Waals surface area contributed by atoms with Crippen molar-refractivity contribution in [3.8, 4) is 5.82 Å². The highest BCUT2D eigenvalue weighted by Gasteiger charge is 2.05. The van der Waals surface area contributed by atoms with Gasteiger partial charge in [0.15, 0.2) is 5.82 Å². The highest BCUT2D eigenvalue weighted by Crippen LogP contribution is 2.08. The van der Waals surface area contributed by atoms with Crippen LogP contribution in [0.1, 0.15) is 11.3 Å². The first-order valence-corrected chi connectivity index (χ1v) is 4.37. The van der Waals surface area contributed by atoms with Crippen molar-refractivity contribution in [2.24, 2.45) is 0 Å². The summed E-state index contributed by atoms with van der Waals surface area (Å²) < 4.78 is 6.44. The number of ether oxygens (including phenoxy) is 1. The van der Waals surface area contributed by atoms with Gasteiger partial charge in [0, 0.05) is 7.11 Å². The predicted molar refractivity (Wildman–Crippen MR) is 50.2 cm³/mol. The molecule has 0 radical (unpaired) electrons. The van der Waals surface area contributed by atoms with Crippen LogP contribution in [0.3, 0.4) is 0 Å². The lowest BCUT2D eigenvalue weighted by Crippen LogP contribution is -2.05. The van der Waals surface area contributed by atoms with E-state index in [2.05, 4.69) is 25.7 Å². The fourth-order valence-corrected chi connectivity index (χ4v) is 1.15. The molecule has 0 aromatic carbocycles. The summed E-state index contributed by atoms with van der Waals surface area (Å²) in [4.78, 5) is 0. The van der Waals surface area contributed by atoms with E-state index in [1.165, 1.54) is 11.0 Å². The second-order valence-electron chi connectivity index (χ2n) is 3.02. The number of aromatic nitrogens is 6. The van der Waals surface area contributed by atoms with Crippen molar-refractivity contribution in [2.75, 3.05) is 7.11 Å². The minimum Gasteiger partial charge on any atom is -0.378 e. The molecule has 2 heterocycles. The van der Waals surface area contributed by atoms with Gasteiger partial charge in [-0.05, 0) is 29.0 Å². The van der Waals surface area contributed by atoms with Crippen molar-refractivity contribution in [3.63, 3.8) is 0 Å². The maximum atomic E-state index is 4.99. The highest BCUT2D eigenvalue weighted by atomic mass is 16.5. The zero-order valence-corrected chi connectivity index (χ0v) is 8.45. The smallest absolute Gasteiger partial charge is 0.179 e. The van der Waals surface area contributed by atoms with Gasteiger partial charge in [-0.15, -0.1) is 10.2 Å². The Morgan fingerprint density at radius 3 is 2.87 bits per heavy atom. The summed E-state index contributed by atoms with van der Waals surface area (Å²) in [5.74, 6) is 0.595. The minimum absolute atomic E-state index is 0.453. The SMILES string of the molecule is COCc1nnc(-n2cnnn2)cc1C. The third-order valence-electron chi connectivity index (χ3n) is 1.94.